The van der Waals surface area contributed by atoms with Gasteiger partial charge in [-0.1, -0.05) is 30.7 Å². The minimum Gasteiger partial charge on any atom is -0.454 e. The molecule has 3 N–H and O–H groups in total. The molecule has 3 saturated carbocycles. The number of alkyl halides is 1. The van der Waals surface area contributed by atoms with Crippen LogP contribution < -0.4 is 5.73 Å². The highest BCUT2D eigenvalue weighted by molar-refractivity contribution is 6.01. The zero-order chi connectivity index (χ0) is 29.6. The number of hydrogen-bond acceptors (Lipinski definition) is 8. The Morgan fingerprint density at radius 2 is 1.85 bits per heavy atom. The first kappa shape index (κ1) is 28.4. The molecule has 220 valence electrons. The van der Waals surface area contributed by atoms with Crippen molar-refractivity contribution < 1.29 is 38.1 Å². The third kappa shape index (κ3) is 3.75. The molecule has 0 spiro atoms. The van der Waals surface area contributed by atoms with Crippen molar-refractivity contribution >= 4 is 17.5 Å². The maximum absolute atomic E-state index is 17.5. The molecule has 4 aliphatic carbocycles. The first-order valence-electron chi connectivity index (χ1n) is 14.4. The SMILES string of the molecule is CC1(C)O[C@@H]2C[C@H]3[C@@H]4CCC5=CC(=O)C=C[C@]5(C)[C@@]4(F)[C@@H](O)C[C@]3(C)[C@]2(C(=O)COC(=O)c2ccc(CN)cc2)O1. The minimum absolute atomic E-state index is 0.0501. The average molecular weight is 568 g/mol. The Bertz CT molecular complexity index is 1370. The molecule has 8 atom stereocenters. The second-order valence-electron chi connectivity index (χ2n) is 13.2. The molecule has 9 heteroatoms. The Labute approximate surface area is 239 Å². The molecule has 1 saturated heterocycles. The van der Waals surface area contributed by atoms with Gasteiger partial charge in [-0.25, -0.2) is 9.18 Å². The Morgan fingerprint density at radius 3 is 2.54 bits per heavy atom. The number of esters is 1. The van der Waals surface area contributed by atoms with Gasteiger partial charge >= 0.3 is 5.97 Å². The maximum Gasteiger partial charge on any atom is 0.338 e. The molecule has 0 amide bonds. The van der Waals surface area contributed by atoms with Gasteiger partial charge in [0, 0.05) is 23.3 Å². The number of halogens is 1. The number of ether oxygens (including phenoxy) is 3. The number of carbonyl (C=O) groups excluding carboxylic acids is 3. The summed E-state index contributed by atoms with van der Waals surface area (Å²) < 4.78 is 35.8. The highest BCUT2D eigenvalue weighted by atomic mass is 19.1. The standard InChI is InChI=1S/C32H38FNO7/c1-28(2)40-26-14-23-22-10-9-20-13-21(35)11-12-29(20,3)31(22,33)24(36)15-30(23,4)32(26,41-28)25(37)17-39-27(38)19-7-5-18(16-34)6-8-19/h5-8,11-13,22-24,26,36H,9-10,14-17,34H2,1-4H3/t22-,23-,24-,26+,29-,30-,31-,32+/m0/s1. The van der Waals surface area contributed by atoms with Crippen molar-refractivity contribution in [1.82, 2.24) is 0 Å². The van der Waals surface area contributed by atoms with Crippen LogP contribution in [-0.4, -0.2) is 58.5 Å². The Kier molecular flexibility index (Phi) is 6.33. The lowest BCUT2D eigenvalue weighted by molar-refractivity contribution is -0.246. The number of nitrogens with two attached hydrogens (primary N) is 1. The predicted molar refractivity (Wildman–Crippen MR) is 146 cm³/mol. The molecule has 1 aromatic rings. The minimum atomic E-state index is -2.04. The fourth-order valence-corrected chi connectivity index (χ4v) is 8.91. The summed E-state index contributed by atoms with van der Waals surface area (Å²) in [5, 5.41) is 11.7. The van der Waals surface area contributed by atoms with E-state index in [2.05, 4.69) is 0 Å². The summed E-state index contributed by atoms with van der Waals surface area (Å²) in [7, 11) is 0. The van der Waals surface area contributed by atoms with Crippen LogP contribution in [0.4, 0.5) is 4.39 Å². The predicted octanol–water partition coefficient (Wildman–Crippen LogP) is 3.74. The van der Waals surface area contributed by atoms with Gasteiger partial charge in [0.05, 0.1) is 17.8 Å². The number of hydrogen-bond donors (Lipinski definition) is 2. The van der Waals surface area contributed by atoms with E-state index >= 15 is 4.39 Å². The van der Waals surface area contributed by atoms with Crippen molar-refractivity contribution in [2.24, 2.45) is 28.4 Å². The lowest BCUT2D eigenvalue weighted by Gasteiger charge is -2.62. The Hall–Kier alpha value is -2.72. The summed E-state index contributed by atoms with van der Waals surface area (Å²) >= 11 is 0. The first-order valence-corrected chi connectivity index (χ1v) is 14.4. The van der Waals surface area contributed by atoms with Gasteiger partial charge in [0.15, 0.2) is 29.4 Å². The summed E-state index contributed by atoms with van der Waals surface area (Å²) in [6.07, 6.45) is 3.60. The fraction of sp³-hybridized carbons (Fsp3) is 0.594. The molecular formula is C32H38FNO7. The quantitative estimate of drug-likeness (QED) is 0.516. The highest BCUT2D eigenvalue weighted by Crippen LogP contribution is 2.72. The van der Waals surface area contributed by atoms with Crippen LogP contribution in [0.5, 0.6) is 0 Å². The topological polar surface area (TPSA) is 125 Å². The molecule has 41 heavy (non-hydrogen) atoms. The molecule has 0 unspecified atom stereocenters. The maximum atomic E-state index is 17.5. The number of allylic oxidation sites excluding steroid dienone is 4. The van der Waals surface area contributed by atoms with Gasteiger partial charge in [0.1, 0.15) is 0 Å². The zero-order valence-corrected chi connectivity index (χ0v) is 23.9. The van der Waals surface area contributed by atoms with Crippen molar-refractivity contribution in [3.8, 4) is 0 Å². The Morgan fingerprint density at radius 1 is 1.15 bits per heavy atom. The summed E-state index contributed by atoms with van der Waals surface area (Å²) in [6.45, 7) is 6.88. The van der Waals surface area contributed by atoms with Gasteiger partial charge in [0.25, 0.3) is 0 Å². The molecule has 8 nitrogen and oxygen atoms in total. The molecule has 0 bridgehead atoms. The van der Waals surface area contributed by atoms with Gasteiger partial charge in [0.2, 0.25) is 5.78 Å². The van der Waals surface area contributed by atoms with E-state index in [1.165, 1.54) is 12.2 Å². The number of Topliss-reactive ketones (excluding diaryl/α,β-unsaturated/α-hetero) is 1. The number of aliphatic hydroxyl groups is 1. The second-order valence-corrected chi connectivity index (χ2v) is 13.2. The van der Waals surface area contributed by atoms with Crippen LogP contribution in [0.15, 0.2) is 48.1 Å². The molecule has 0 radical (unpaired) electrons. The van der Waals surface area contributed by atoms with E-state index in [1.807, 2.05) is 6.92 Å². The molecule has 6 rings (SSSR count). The van der Waals surface area contributed by atoms with E-state index in [0.717, 1.165) is 5.56 Å². The van der Waals surface area contributed by atoms with Crippen molar-refractivity contribution in [2.45, 2.75) is 89.2 Å². The summed E-state index contributed by atoms with van der Waals surface area (Å²) in [4.78, 5) is 39.1. The van der Waals surface area contributed by atoms with E-state index in [4.69, 9.17) is 19.9 Å². The summed E-state index contributed by atoms with van der Waals surface area (Å²) in [5.41, 5.74) is 1.75. The monoisotopic (exact) mass is 567 g/mol. The smallest absolute Gasteiger partial charge is 0.338 e. The van der Waals surface area contributed by atoms with E-state index in [0.29, 0.717) is 31.4 Å². The zero-order valence-electron chi connectivity index (χ0n) is 23.9. The van der Waals surface area contributed by atoms with Crippen molar-refractivity contribution in [3.05, 3.63) is 59.2 Å². The van der Waals surface area contributed by atoms with Crippen LogP contribution in [0, 0.1) is 22.7 Å². The highest BCUT2D eigenvalue weighted by Gasteiger charge is 2.80. The normalized spacial score (nSPS) is 42.0. The van der Waals surface area contributed by atoms with E-state index in [9.17, 15) is 19.5 Å². The van der Waals surface area contributed by atoms with Crippen molar-refractivity contribution in [2.75, 3.05) is 6.61 Å². The van der Waals surface area contributed by atoms with E-state index < -0.39 is 64.4 Å². The largest absolute Gasteiger partial charge is 0.454 e. The number of benzene rings is 1. The van der Waals surface area contributed by atoms with Crippen LogP contribution in [0.3, 0.4) is 0 Å². The van der Waals surface area contributed by atoms with Crippen LogP contribution in [0.1, 0.15) is 69.3 Å². The van der Waals surface area contributed by atoms with Crippen LogP contribution in [0.25, 0.3) is 0 Å². The Balaban J connectivity index is 1.33. The number of carbonyl (C=O) groups is 3. The molecular weight excluding hydrogens is 529 g/mol. The first-order chi connectivity index (χ1) is 19.2. The van der Waals surface area contributed by atoms with Crippen LogP contribution in [0.2, 0.25) is 0 Å². The molecule has 5 aliphatic rings. The third-order valence-electron chi connectivity index (χ3n) is 10.8. The van der Waals surface area contributed by atoms with Gasteiger partial charge in [-0.2, -0.15) is 0 Å². The van der Waals surface area contributed by atoms with Crippen molar-refractivity contribution in [3.63, 3.8) is 0 Å². The van der Waals surface area contributed by atoms with E-state index in [-0.39, 0.29) is 23.7 Å². The summed E-state index contributed by atoms with van der Waals surface area (Å²) in [6, 6.07) is 6.64. The lowest BCUT2D eigenvalue weighted by Crippen LogP contribution is -2.70. The summed E-state index contributed by atoms with van der Waals surface area (Å²) in [5.74, 6) is -3.36. The fourth-order valence-electron chi connectivity index (χ4n) is 8.91. The molecule has 0 aromatic heterocycles. The average Bonchev–Trinajstić information content (AvgIpc) is 3.34. The number of ketones is 2. The number of rotatable bonds is 5. The van der Waals surface area contributed by atoms with Gasteiger partial charge < -0.3 is 25.1 Å². The van der Waals surface area contributed by atoms with E-state index in [1.54, 1.807) is 51.1 Å². The molecule has 4 fully saturated rings. The van der Waals surface area contributed by atoms with Crippen molar-refractivity contribution in [1.29, 1.82) is 0 Å². The number of aliphatic hydroxyl groups excluding tert-OH is 1. The van der Waals surface area contributed by atoms with Gasteiger partial charge in [-0.3, -0.25) is 9.59 Å². The molecule has 1 heterocycles. The second kappa shape index (κ2) is 9.14. The van der Waals surface area contributed by atoms with Crippen LogP contribution >= 0.6 is 0 Å². The molecule has 1 aromatic carbocycles. The lowest BCUT2D eigenvalue weighted by atomic mass is 9.44. The molecule has 1 aliphatic heterocycles. The third-order valence-corrected chi connectivity index (χ3v) is 10.8. The number of fused-ring (bicyclic) bond motifs is 7. The van der Waals surface area contributed by atoms with Gasteiger partial charge in [-0.05, 0) is 82.2 Å². The van der Waals surface area contributed by atoms with Crippen LogP contribution in [-0.2, 0) is 30.3 Å². The van der Waals surface area contributed by atoms with Gasteiger partial charge in [-0.15, -0.1) is 0 Å².